The summed E-state index contributed by atoms with van der Waals surface area (Å²) in [6.07, 6.45) is 0.666. The van der Waals surface area contributed by atoms with E-state index in [9.17, 15) is 9.59 Å². The standard InChI is InChI=1S/C19H24N2O5S/c1-6-11(2)21(10-16(22)23)19(24)17-12(3)20-18(27-17)13-7-8-14(25-4)15(9-13)26-5/h7-9,11H,6,10H2,1-5H3,(H,22,23). The SMILES string of the molecule is CCC(C)N(CC(=O)O)C(=O)c1sc(-c2ccc(OC)c(OC)c2)nc1C. The molecule has 1 aromatic carbocycles. The molecule has 0 fully saturated rings. The molecule has 1 heterocycles. The highest BCUT2D eigenvalue weighted by atomic mass is 32.1. The second-order valence-electron chi connectivity index (χ2n) is 6.09. The number of carboxylic acid groups (broad SMARTS) is 1. The number of aryl methyl sites for hydroxylation is 1. The number of carbonyl (C=O) groups is 2. The van der Waals surface area contributed by atoms with Crippen molar-refractivity contribution in [1.29, 1.82) is 0 Å². The highest BCUT2D eigenvalue weighted by Crippen LogP contribution is 2.35. The average molecular weight is 392 g/mol. The molecule has 7 nitrogen and oxygen atoms in total. The number of carbonyl (C=O) groups excluding carboxylic acids is 1. The number of amides is 1. The van der Waals surface area contributed by atoms with Crippen LogP contribution in [-0.2, 0) is 4.79 Å². The van der Waals surface area contributed by atoms with Crippen molar-refractivity contribution in [3.63, 3.8) is 0 Å². The molecule has 0 radical (unpaired) electrons. The molecule has 0 spiro atoms. The van der Waals surface area contributed by atoms with Crippen LogP contribution in [0, 0.1) is 6.92 Å². The van der Waals surface area contributed by atoms with E-state index in [1.165, 1.54) is 16.2 Å². The zero-order chi connectivity index (χ0) is 20.1. The topological polar surface area (TPSA) is 89.0 Å². The highest BCUT2D eigenvalue weighted by molar-refractivity contribution is 7.17. The molecule has 8 heteroatoms. The first kappa shape index (κ1) is 20.7. The number of aromatic nitrogens is 1. The number of thiazole rings is 1. The van der Waals surface area contributed by atoms with Crippen molar-refractivity contribution in [3.05, 3.63) is 28.8 Å². The molecule has 1 amide bonds. The summed E-state index contributed by atoms with van der Waals surface area (Å²) in [6.45, 7) is 5.17. The van der Waals surface area contributed by atoms with Crippen LogP contribution in [0.15, 0.2) is 18.2 Å². The minimum absolute atomic E-state index is 0.181. The molecule has 1 atom stereocenters. The Morgan fingerprint density at radius 1 is 1.26 bits per heavy atom. The van der Waals surface area contributed by atoms with E-state index >= 15 is 0 Å². The number of nitrogens with zero attached hydrogens (tertiary/aromatic N) is 2. The van der Waals surface area contributed by atoms with Crippen molar-refractivity contribution in [3.8, 4) is 22.1 Å². The van der Waals surface area contributed by atoms with Crippen LogP contribution in [0.3, 0.4) is 0 Å². The van der Waals surface area contributed by atoms with Crippen LogP contribution in [0.2, 0.25) is 0 Å². The zero-order valence-electron chi connectivity index (χ0n) is 16.1. The van der Waals surface area contributed by atoms with Crippen molar-refractivity contribution in [2.45, 2.75) is 33.2 Å². The third kappa shape index (κ3) is 4.57. The van der Waals surface area contributed by atoms with E-state index in [0.717, 1.165) is 5.56 Å². The maximum absolute atomic E-state index is 13.0. The molecule has 27 heavy (non-hydrogen) atoms. The summed E-state index contributed by atoms with van der Waals surface area (Å²) in [6, 6.07) is 5.24. The lowest BCUT2D eigenvalue weighted by atomic mass is 10.2. The molecule has 1 N–H and O–H groups in total. The maximum Gasteiger partial charge on any atom is 0.323 e. The molecule has 1 aromatic heterocycles. The van der Waals surface area contributed by atoms with Crippen molar-refractivity contribution in [2.24, 2.45) is 0 Å². The van der Waals surface area contributed by atoms with Gasteiger partial charge < -0.3 is 19.5 Å². The summed E-state index contributed by atoms with van der Waals surface area (Å²) in [4.78, 5) is 30.5. The average Bonchev–Trinajstić information content (AvgIpc) is 3.05. The number of hydrogen-bond acceptors (Lipinski definition) is 6. The van der Waals surface area contributed by atoms with Crippen molar-refractivity contribution in [2.75, 3.05) is 20.8 Å². The number of rotatable bonds is 8. The smallest absolute Gasteiger partial charge is 0.323 e. The number of aliphatic carboxylic acids is 1. The first-order valence-corrected chi connectivity index (χ1v) is 9.36. The van der Waals surface area contributed by atoms with Crippen LogP contribution in [0.4, 0.5) is 0 Å². The summed E-state index contributed by atoms with van der Waals surface area (Å²) >= 11 is 1.25. The molecule has 0 saturated heterocycles. The van der Waals surface area contributed by atoms with Crippen molar-refractivity contribution >= 4 is 23.2 Å². The fourth-order valence-corrected chi connectivity index (χ4v) is 3.63. The predicted octanol–water partition coefficient (Wildman–Crippen LogP) is 3.46. The number of hydrogen-bond donors (Lipinski definition) is 1. The van der Waals surface area contributed by atoms with Gasteiger partial charge in [-0.05, 0) is 38.5 Å². The van der Waals surface area contributed by atoms with Gasteiger partial charge in [0.25, 0.3) is 5.91 Å². The van der Waals surface area contributed by atoms with E-state index in [4.69, 9.17) is 14.6 Å². The van der Waals surface area contributed by atoms with Crippen molar-refractivity contribution < 1.29 is 24.2 Å². The van der Waals surface area contributed by atoms with Crippen LogP contribution >= 0.6 is 11.3 Å². The van der Waals surface area contributed by atoms with Crippen LogP contribution in [-0.4, -0.2) is 53.7 Å². The van der Waals surface area contributed by atoms with Crippen LogP contribution < -0.4 is 9.47 Å². The first-order chi connectivity index (χ1) is 12.8. The second kappa shape index (κ2) is 8.85. The Morgan fingerprint density at radius 3 is 2.48 bits per heavy atom. The van der Waals surface area contributed by atoms with Gasteiger partial charge in [-0.15, -0.1) is 11.3 Å². The molecule has 0 bridgehead atoms. The van der Waals surface area contributed by atoms with E-state index in [0.29, 0.717) is 33.5 Å². The molecule has 0 aliphatic heterocycles. The fraction of sp³-hybridized carbons (Fsp3) is 0.421. The number of carboxylic acids is 1. The van der Waals surface area contributed by atoms with Gasteiger partial charge >= 0.3 is 5.97 Å². The Morgan fingerprint density at radius 2 is 1.93 bits per heavy atom. The van der Waals surface area contributed by atoms with Gasteiger partial charge in [0.05, 0.1) is 19.9 Å². The van der Waals surface area contributed by atoms with Gasteiger partial charge in [-0.25, -0.2) is 4.98 Å². The van der Waals surface area contributed by atoms with Gasteiger partial charge in [0, 0.05) is 11.6 Å². The lowest BCUT2D eigenvalue weighted by Crippen LogP contribution is -2.41. The summed E-state index contributed by atoms with van der Waals surface area (Å²) in [5.41, 5.74) is 1.38. The first-order valence-electron chi connectivity index (χ1n) is 8.54. The third-order valence-electron chi connectivity index (χ3n) is 4.31. The molecule has 0 aliphatic rings. The van der Waals surface area contributed by atoms with Gasteiger partial charge in [0.1, 0.15) is 16.4 Å². The Kier molecular flexibility index (Phi) is 6.79. The van der Waals surface area contributed by atoms with Gasteiger partial charge in [0.15, 0.2) is 11.5 Å². The van der Waals surface area contributed by atoms with E-state index < -0.39 is 5.97 Å². The van der Waals surface area contributed by atoms with E-state index in [-0.39, 0.29) is 18.5 Å². The summed E-state index contributed by atoms with van der Waals surface area (Å²) in [5, 5.41) is 9.81. The normalized spacial score (nSPS) is 11.7. The second-order valence-corrected chi connectivity index (χ2v) is 7.09. The number of ether oxygens (including phenoxy) is 2. The van der Waals surface area contributed by atoms with Crippen LogP contribution in [0.5, 0.6) is 11.5 Å². The van der Waals surface area contributed by atoms with Crippen LogP contribution in [0.25, 0.3) is 10.6 Å². The molecule has 2 aromatic rings. The molecule has 0 aliphatic carbocycles. The lowest BCUT2D eigenvalue weighted by Gasteiger charge is -2.26. The van der Waals surface area contributed by atoms with E-state index in [1.807, 2.05) is 19.9 Å². The van der Waals surface area contributed by atoms with Crippen molar-refractivity contribution in [1.82, 2.24) is 9.88 Å². The van der Waals surface area contributed by atoms with E-state index in [2.05, 4.69) is 4.98 Å². The largest absolute Gasteiger partial charge is 0.493 e. The third-order valence-corrected chi connectivity index (χ3v) is 5.51. The quantitative estimate of drug-likeness (QED) is 0.740. The van der Waals surface area contributed by atoms with Gasteiger partial charge in [-0.2, -0.15) is 0 Å². The van der Waals surface area contributed by atoms with Gasteiger partial charge in [0.2, 0.25) is 0 Å². The Bertz CT molecular complexity index is 834. The molecular formula is C19H24N2O5S. The fourth-order valence-electron chi connectivity index (χ4n) is 2.61. The Hall–Kier alpha value is -2.61. The number of methoxy groups -OCH3 is 2. The predicted molar refractivity (Wildman–Crippen MR) is 104 cm³/mol. The van der Waals surface area contributed by atoms with Gasteiger partial charge in [-0.3, -0.25) is 9.59 Å². The number of benzene rings is 1. The summed E-state index contributed by atoms with van der Waals surface area (Å²) in [7, 11) is 3.12. The molecule has 0 saturated carbocycles. The summed E-state index contributed by atoms with van der Waals surface area (Å²) in [5.74, 6) is -0.169. The monoisotopic (exact) mass is 392 g/mol. The zero-order valence-corrected chi connectivity index (χ0v) is 16.9. The summed E-state index contributed by atoms with van der Waals surface area (Å²) < 4.78 is 10.6. The minimum atomic E-state index is -1.04. The van der Waals surface area contributed by atoms with Crippen LogP contribution in [0.1, 0.15) is 35.6 Å². The molecule has 1 unspecified atom stereocenters. The Labute approximate surface area is 162 Å². The maximum atomic E-state index is 13.0. The molecule has 2 rings (SSSR count). The lowest BCUT2D eigenvalue weighted by molar-refractivity contribution is -0.138. The molecule has 146 valence electrons. The molecular weight excluding hydrogens is 368 g/mol. The highest BCUT2D eigenvalue weighted by Gasteiger charge is 2.27. The minimum Gasteiger partial charge on any atom is -0.493 e. The van der Waals surface area contributed by atoms with E-state index in [1.54, 1.807) is 33.3 Å². The Balaban J connectivity index is 2.40. The van der Waals surface area contributed by atoms with Gasteiger partial charge in [-0.1, -0.05) is 6.92 Å².